The van der Waals surface area contributed by atoms with Crippen molar-refractivity contribution in [1.82, 2.24) is 33.9 Å². The third kappa shape index (κ3) is 6.94. The van der Waals surface area contributed by atoms with Crippen molar-refractivity contribution in [2.45, 2.75) is 63.2 Å². The van der Waals surface area contributed by atoms with Crippen molar-refractivity contribution >= 4 is 46.4 Å². The van der Waals surface area contributed by atoms with Gasteiger partial charge in [0, 0.05) is 32.4 Å². The molecule has 0 radical (unpaired) electrons. The van der Waals surface area contributed by atoms with E-state index in [0.717, 1.165) is 16.6 Å². The fourth-order valence-electron chi connectivity index (χ4n) is 8.08. The highest BCUT2D eigenvalue weighted by atomic mass is 35.5. The number of likely N-dealkylation sites (tertiary alicyclic amines) is 1. The predicted octanol–water partition coefficient (Wildman–Crippen LogP) is 5.34. The first-order valence-corrected chi connectivity index (χ1v) is 18.6. The van der Waals surface area contributed by atoms with Crippen molar-refractivity contribution in [2.24, 2.45) is 11.8 Å². The molecule has 0 bridgehead atoms. The molecule has 1 aliphatic carbocycles. The molecule has 1 aromatic carbocycles. The molecule has 3 amide bonds. The number of hydrogen-bond donors (Lipinski definition) is 2. The lowest BCUT2D eigenvalue weighted by Crippen LogP contribution is -2.47. The normalized spacial score (nSPS) is 21.6. The number of piperidine rings is 1. The van der Waals surface area contributed by atoms with E-state index in [1.54, 1.807) is 13.0 Å². The summed E-state index contributed by atoms with van der Waals surface area (Å²) in [5, 5.41) is 16.9. The molecule has 3 aromatic heterocycles. The van der Waals surface area contributed by atoms with Gasteiger partial charge in [0.15, 0.2) is 11.5 Å². The second kappa shape index (κ2) is 14.1. The van der Waals surface area contributed by atoms with E-state index in [1.807, 2.05) is 0 Å². The van der Waals surface area contributed by atoms with Crippen LogP contribution < -0.4 is 10.9 Å². The topological polar surface area (TPSA) is 164 Å². The maximum absolute atomic E-state index is 14.5. The van der Waals surface area contributed by atoms with Crippen LogP contribution in [0.3, 0.4) is 0 Å². The SMILES string of the molecule is C[C@H]1OC2(CCN(C(=O)c3ncccc3O)CC2)c2c1n(CC(=O)Nc1ccc(C(F)(F)F)cc1Cl)c1nc(C3=CCN(C(=O)C4CC4C(F)(F)F)CC3)nn1c2=O. The number of fused-ring (bicyclic) bond motifs is 3. The number of benzene rings is 1. The molecule has 4 aliphatic rings. The van der Waals surface area contributed by atoms with Gasteiger partial charge >= 0.3 is 12.4 Å². The van der Waals surface area contributed by atoms with Crippen LogP contribution in [-0.4, -0.2) is 89.1 Å². The highest BCUT2D eigenvalue weighted by Crippen LogP contribution is 2.51. The third-order valence-corrected chi connectivity index (χ3v) is 11.4. The molecule has 3 aliphatic heterocycles. The number of carbonyl (C=O) groups excluding carboxylic acids is 3. The number of aromatic nitrogens is 5. The van der Waals surface area contributed by atoms with Gasteiger partial charge in [-0.3, -0.25) is 19.2 Å². The van der Waals surface area contributed by atoms with Crippen molar-refractivity contribution in [3.8, 4) is 5.75 Å². The molecule has 306 valence electrons. The summed E-state index contributed by atoms with van der Waals surface area (Å²) < 4.78 is 88.2. The summed E-state index contributed by atoms with van der Waals surface area (Å²) in [7, 11) is 0. The minimum Gasteiger partial charge on any atom is -0.505 e. The number of anilines is 1. The Labute approximate surface area is 329 Å². The lowest BCUT2D eigenvalue weighted by atomic mass is 9.85. The smallest absolute Gasteiger partial charge is 0.416 e. The number of pyridine rings is 1. The van der Waals surface area contributed by atoms with Gasteiger partial charge in [-0.05, 0) is 68.5 Å². The molecule has 1 saturated heterocycles. The van der Waals surface area contributed by atoms with E-state index in [9.17, 15) is 50.6 Å². The molecule has 1 saturated carbocycles. The Balaban J connectivity index is 1.13. The largest absolute Gasteiger partial charge is 0.505 e. The minimum atomic E-state index is -4.68. The summed E-state index contributed by atoms with van der Waals surface area (Å²) in [5.41, 5.74) is -2.18. The Hall–Kier alpha value is -5.50. The van der Waals surface area contributed by atoms with E-state index < -0.39 is 71.3 Å². The molecule has 1 spiro atoms. The molecule has 8 rings (SSSR count). The highest BCUT2D eigenvalue weighted by Gasteiger charge is 2.59. The van der Waals surface area contributed by atoms with E-state index in [0.29, 0.717) is 11.6 Å². The number of hydrogen-bond acceptors (Lipinski definition) is 9. The lowest BCUT2D eigenvalue weighted by Gasteiger charge is -2.39. The van der Waals surface area contributed by atoms with Crippen LogP contribution in [-0.2, 0) is 32.6 Å². The minimum absolute atomic E-state index is 0.0126. The monoisotopic (exact) mass is 834 g/mol. The Morgan fingerprint density at radius 2 is 1.81 bits per heavy atom. The first-order chi connectivity index (χ1) is 27.4. The maximum atomic E-state index is 14.5. The summed E-state index contributed by atoms with van der Waals surface area (Å²) >= 11 is 6.13. The first-order valence-electron chi connectivity index (χ1n) is 18.2. The lowest BCUT2D eigenvalue weighted by molar-refractivity contribution is -0.157. The number of amides is 3. The van der Waals surface area contributed by atoms with Gasteiger partial charge in [0.2, 0.25) is 17.6 Å². The number of carbonyl (C=O) groups is 3. The molecule has 4 aromatic rings. The molecular formula is C37H33ClF6N8O6. The molecule has 3 atom stereocenters. The fraction of sp³-hybridized carbons (Fsp3) is 0.432. The Morgan fingerprint density at radius 3 is 2.43 bits per heavy atom. The first kappa shape index (κ1) is 39.3. The van der Waals surface area contributed by atoms with Gasteiger partial charge in [0.1, 0.15) is 17.9 Å². The van der Waals surface area contributed by atoms with Gasteiger partial charge in [-0.1, -0.05) is 17.7 Å². The maximum Gasteiger partial charge on any atom is 0.416 e. The van der Waals surface area contributed by atoms with Crippen LogP contribution in [0.5, 0.6) is 5.75 Å². The van der Waals surface area contributed by atoms with Crippen molar-refractivity contribution in [1.29, 1.82) is 0 Å². The van der Waals surface area contributed by atoms with Gasteiger partial charge in [-0.2, -0.15) is 35.8 Å². The molecular weight excluding hydrogens is 802 g/mol. The van der Waals surface area contributed by atoms with Crippen molar-refractivity contribution < 1.29 is 50.6 Å². The summed E-state index contributed by atoms with van der Waals surface area (Å²) in [5.74, 6) is -4.95. The van der Waals surface area contributed by atoms with E-state index in [-0.39, 0.29) is 96.9 Å². The Bertz CT molecular complexity index is 2460. The highest BCUT2D eigenvalue weighted by molar-refractivity contribution is 6.33. The molecule has 58 heavy (non-hydrogen) atoms. The number of alkyl halides is 6. The number of halogens is 7. The van der Waals surface area contributed by atoms with E-state index in [4.69, 9.17) is 16.3 Å². The van der Waals surface area contributed by atoms with Gasteiger partial charge in [0.25, 0.3) is 11.5 Å². The number of nitrogens with zero attached hydrogens (tertiary/aromatic N) is 7. The quantitative estimate of drug-likeness (QED) is 0.244. The van der Waals surface area contributed by atoms with Crippen LogP contribution in [0.2, 0.25) is 5.02 Å². The van der Waals surface area contributed by atoms with Crippen LogP contribution in [0, 0.1) is 11.8 Å². The Kier molecular flexibility index (Phi) is 9.56. The molecule has 14 nitrogen and oxygen atoms in total. The van der Waals surface area contributed by atoms with Crippen molar-refractivity contribution in [2.75, 3.05) is 31.5 Å². The zero-order valence-corrected chi connectivity index (χ0v) is 31.2. The van der Waals surface area contributed by atoms with Crippen LogP contribution in [0.4, 0.5) is 32.0 Å². The second-order valence-electron chi connectivity index (χ2n) is 14.7. The van der Waals surface area contributed by atoms with Crippen LogP contribution in [0.1, 0.15) is 71.8 Å². The van der Waals surface area contributed by atoms with Crippen molar-refractivity contribution in [3.63, 3.8) is 0 Å². The van der Waals surface area contributed by atoms with Crippen LogP contribution in [0.25, 0.3) is 11.4 Å². The fourth-order valence-corrected chi connectivity index (χ4v) is 8.31. The zero-order chi connectivity index (χ0) is 41.5. The molecule has 21 heteroatoms. The molecule has 2 fully saturated rings. The molecule has 2 unspecified atom stereocenters. The van der Waals surface area contributed by atoms with E-state index >= 15 is 0 Å². The molecule has 2 N–H and O–H groups in total. The summed E-state index contributed by atoms with van der Waals surface area (Å²) in [4.78, 5) is 65.7. The van der Waals surface area contributed by atoms with Gasteiger partial charge < -0.3 is 29.5 Å². The average molecular weight is 835 g/mol. The molecule has 6 heterocycles. The summed E-state index contributed by atoms with van der Waals surface area (Å²) in [6.45, 7) is 1.41. The van der Waals surface area contributed by atoms with Crippen LogP contribution in [0.15, 0.2) is 47.4 Å². The summed E-state index contributed by atoms with van der Waals surface area (Å²) in [6, 6.07) is 5.27. The second-order valence-corrected chi connectivity index (χ2v) is 15.1. The van der Waals surface area contributed by atoms with Gasteiger partial charge in [-0.25, -0.2) is 4.98 Å². The predicted molar refractivity (Wildman–Crippen MR) is 191 cm³/mol. The third-order valence-electron chi connectivity index (χ3n) is 11.1. The van der Waals surface area contributed by atoms with E-state index in [2.05, 4.69) is 20.4 Å². The van der Waals surface area contributed by atoms with Crippen LogP contribution >= 0.6 is 11.6 Å². The van der Waals surface area contributed by atoms with Gasteiger partial charge in [0.05, 0.1) is 45.5 Å². The average Bonchev–Trinajstić information content (AvgIpc) is 3.79. The van der Waals surface area contributed by atoms with Gasteiger partial charge in [-0.15, -0.1) is 5.10 Å². The van der Waals surface area contributed by atoms with Crippen molar-refractivity contribution in [3.05, 3.63) is 86.3 Å². The standard InChI is InChI=1S/C37H33ClF6N8O6/c1-18-29-27(35(58-18)8-13-50(14-9-35)33(57)28-25(53)3-2-10-45-28)32(56)52-34(51(29)17-26(54)46-24-5-4-20(15-23(24)38)36(39,40)41)47-30(48-52)19-6-11-49(12-7-19)31(55)21-16-22(21)37(42,43)44/h2-6,10,15,18,21-22,53H,7-9,11-14,16-17H2,1H3,(H,46,54)/t18-,21?,22?/m1/s1. The van der Waals surface area contributed by atoms with E-state index in [1.165, 1.54) is 32.7 Å². The zero-order valence-electron chi connectivity index (χ0n) is 30.4. The number of aromatic hydroxyl groups is 1. The number of rotatable bonds is 6. The Morgan fingerprint density at radius 1 is 1.07 bits per heavy atom. The number of nitrogens with one attached hydrogen (secondary N) is 1. The number of ether oxygens (including phenoxy) is 1. The summed E-state index contributed by atoms with van der Waals surface area (Å²) in [6.07, 6.45) is -6.81.